The van der Waals surface area contributed by atoms with E-state index in [0.29, 0.717) is 18.0 Å². The molecule has 2 saturated heterocycles. The summed E-state index contributed by atoms with van der Waals surface area (Å²) < 4.78 is 34.7. The molecule has 0 radical (unpaired) electrons. The number of nitrogens with zero attached hydrogens (tertiary/aromatic N) is 1. The summed E-state index contributed by atoms with van der Waals surface area (Å²) in [6.07, 6.45) is 3.39. The summed E-state index contributed by atoms with van der Waals surface area (Å²) in [5.41, 5.74) is 3.51. The van der Waals surface area contributed by atoms with Crippen molar-refractivity contribution in [2.24, 2.45) is 5.92 Å². The van der Waals surface area contributed by atoms with Crippen molar-refractivity contribution in [2.45, 2.75) is 56.0 Å². The number of carbonyl (C=O) groups is 1. The Bertz CT molecular complexity index is 1000. The van der Waals surface area contributed by atoms with E-state index in [-0.39, 0.29) is 16.8 Å². The molecule has 2 fully saturated rings. The fourth-order valence-corrected chi connectivity index (χ4v) is 5.27. The van der Waals surface area contributed by atoms with Gasteiger partial charge in [-0.15, -0.1) is 0 Å². The Labute approximate surface area is 185 Å². The number of hydrogen-bond acceptors (Lipinski definition) is 5. The Kier molecular flexibility index (Phi) is 7.19. The van der Waals surface area contributed by atoms with Crippen LogP contribution in [0, 0.1) is 19.8 Å². The highest BCUT2D eigenvalue weighted by Gasteiger charge is 2.49. The number of rotatable bonds is 3. The minimum Gasteiger partial charge on any atom is -0.469 e. The van der Waals surface area contributed by atoms with Crippen molar-refractivity contribution in [1.29, 1.82) is 0 Å². The topological polar surface area (TPSA) is 83.9 Å². The van der Waals surface area contributed by atoms with Crippen LogP contribution in [0.3, 0.4) is 0 Å². The van der Waals surface area contributed by atoms with E-state index in [1.54, 1.807) is 12.1 Å². The Morgan fingerprint density at radius 2 is 1.55 bits per heavy atom. The molecule has 1 N–H and O–H groups in total. The Hall–Kier alpha value is -2.22. The average Bonchev–Trinajstić information content (AvgIpc) is 2.96. The minimum atomic E-state index is -4.02. The van der Waals surface area contributed by atoms with Gasteiger partial charge in [-0.25, -0.2) is 0 Å². The first kappa shape index (κ1) is 23.4. The van der Waals surface area contributed by atoms with Crippen LogP contribution in [-0.4, -0.2) is 50.1 Å². The van der Waals surface area contributed by atoms with Crippen LogP contribution in [0.15, 0.2) is 53.4 Å². The van der Waals surface area contributed by atoms with Gasteiger partial charge in [0.25, 0.3) is 10.1 Å². The quantitative estimate of drug-likeness (QED) is 0.568. The standard InChI is InChI=1S/C17H23NO2.C7H8O3S/c1-11-4-6-12(7-5-11)14-10-13-8-9-15(18(13)2)16(14)17(19)20-3;1-6-2-4-7(5-3-6)11(8,9)10/h4-7,13-16H,8-10H2,1-3H3;2-5H,1H3,(H,8,9,10)/t13-,14-,15+,16+;/m0./s1. The molecule has 2 heterocycles. The van der Waals surface area contributed by atoms with E-state index in [0.717, 1.165) is 18.4 Å². The summed E-state index contributed by atoms with van der Waals surface area (Å²) in [5.74, 6) is 0.232. The van der Waals surface area contributed by atoms with Gasteiger partial charge in [0, 0.05) is 18.0 Å². The third-order valence-electron chi connectivity index (χ3n) is 6.57. The largest absolute Gasteiger partial charge is 0.469 e. The first-order chi connectivity index (χ1) is 14.6. The number of benzene rings is 2. The lowest BCUT2D eigenvalue weighted by atomic mass is 9.76. The van der Waals surface area contributed by atoms with E-state index in [1.807, 2.05) is 6.92 Å². The lowest BCUT2D eigenvalue weighted by Crippen LogP contribution is -2.49. The second-order valence-electron chi connectivity index (χ2n) is 8.55. The molecule has 0 aliphatic carbocycles. The number of methoxy groups -OCH3 is 1. The first-order valence-electron chi connectivity index (χ1n) is 10.5. The number of hydrogen-bond donors (Lipinski definition) is 1. The van der Waals surface area contributed by atoms with Crippen LogP contribution in [-0.2, 0) is 19.6 Å². The van der Waals surface area contributed by atoms with Crippen molar-refractivity contribution in [3.05, 3.63) is 65.2 Å². The van der Waals surface area contributed by atoms with Crippen LogP contribution >= 0.6 is 0 Å². The first-order valence-corrected chi connectivity index (χ1v) is 12.0. The monoisotopic (exact) mass is 445 g/mol. The van der Waals surface area contributed by atoms with Crippen LogP contribution in [0.2, 0.25) is 0 Å². The van der Waals surface area contributed by atoms with E-state index in [1.165, 1.54) is 36.8 Å². The van der Waals surface area contributed by atoms with Gasteiger partial charge in [-0.05, 0) is 57.9 Å². The Morgan fingerprint density at radius 3 is 2.06 bits per heavy atom. The molecule has 0 saturated carbocycles. The predicted octanol–water partition coefficient (Wildman–Crippen LogP) is 3.98. The number of esters is 1. The van der Waals surface area contributed by atoms with Crippen LogP contribution in [0.25, 0.3) is 0 Å². The zero-order valence-corrected chi connectivity index (χ0v) is 19.3. The van der Waals surface area contributed by atoms with Crippen LogP contribution in [0.4, 0.5) is 0 Å². The zero-order valence-electron chi connectivity index (χ0n) is 18.5. The molecular formula is C24H31NO5S. The molecule has 6 nitrogen and oxygen atoms in total. The summed E-state index contributed by atoms with van der Waals surface area (Å²) in [6.45, 7) is 3.94. The van der Waals surface area contributed by atoms with Crippen molar-refractivity contribution in [3.8, 4) is 0 Å². The van der Waals surface area contributed by atoms with Gasteiger partial charge in [0.1, 0.15) is 0 Å². The van der Waals surface area contributed by atoms with E-state index in [4.69, 9.17) is 9.29 Å². The summed E-state index contributed by atoms with van der Waals surface area (Å²) in [6, 6.07) is 15.6. The molecule has 31 heavy (non-hydrogen) atoms. The van der Waals surface area contributed by atoms with Gasteiger partial charge in [0.2, 0.25) is 0 Å². The highest BCUT2D eigenvalue weighted by atomic mass is 32.2. The second kappa shape index (κ2) is 9.51. The smallest absolute Gasteiger partial charge is 0.310 e. The second-order valence-corrected chi connectivity index (χ2v) is 9.98. The molecule has 0 aromatic heterocycles. The number of fused-ring (bicyclic) bond motifs is 2. The van der Waals surface area contributed by atoms with E-state index in [9.17, 15) is 13.2 Å². The highest BCUT2D eigenvalue weighted by Crippen LogP contribution is 2.46. The maximum Gasteiger partial charge on any atom is 0.310 e. The van der Waals surface area contributed by atoms with Crippen LogP contribution in [0.5, 0.6) is 0 Å². The fourth-order valence-electron chi connectivity index (χ4n) is 4.79. The van der Waals surface area contributed by atoms with E-state index < -0.39 is 10.1 Å². The van der Waals surface area contributed by atoms with E-state index in [2.05, 4.69) is 43.1 Å². The molecule has 2 aromatic rings. The van der Waals surface area contributed by atoms with E-state index >= 15 is 0 Å². The summed E-state index contributed by atoms with van der Waals surface area (Å²) in [7, 11) is -0.354. The van der Waals surface area contributed by atoms with Crippen molar-refractivity contribution >= 4 is 16.1 Å². The molecule has 7 heteroatoms. The molecule has 2 bridgehead atoms. The summed E-state index contributed by atoms with van der Waals surface area (Å²) in [4.78, 5) is 14.6. The number of piperidine rings is 1. The lowest BCUT2D eigenvalue weighted by Gasteiger charge is -2.41. The van der Waals surface area contributed by atoms with Crippen LogP contribution in [0.1, 0.15) is 41.9 Å². The maximum atomic E-state index is 12.3. The number of ether oxygens (including phenoxy) is 1. The zero-order chi connectivity index (χ0) is 22.8. The van der Waals surface area contributed by atoms with Gasteiger partial charge >= 0.3 is 5.97 Å². The van der Waals surface area contributed by atoms with Crippen LogP contribution < -0.4 is 0 Å². The Balaban J connectivity index is 0.000000210. The van der Waals surface area contributed by atoms with Gasteiger partial charge < -0.3 is 4.74 Å². The molecule has 4 atom stereocenters. The summed E-state index contributed by atoms with van der Waals surface area (Å²) in [5, 5.41) is 0. The number of aryl methyl sites for hydroxylation is 2. The van der Waals surface area contributed by atoms with Crippen molar-refractivity contribution < 1.29 is 22.5 Å². The molecule has 4 rings (SSSR count). The normalized spacial score (nSPS) is 25.5. The third-order valence-corrected chi connectivity index (χ3v) is 7.43. The highest BCUT2D eigenvalue weighted by molar-refractivity contribution is 7.85. The summed E-state index contributed by atoms with van der Waals surface area (Å²) >= 11 is 0. The Morgan fingerprint density at radius 1 is 1.00 bits per heavy atom. The predicted molar refractivity (Wildman–Crippen MR) is 120 cm³/mol. The van der Waals surface area contributed by atoms with Crippen molar-refractivity contribution in [3.63, 3.8) is 0 Å². The molecule has 0 unspecified atom stereocenters. The molecule has 168 valence electrons. The molecule has 2 aromatic carbocycles. The van der Waals surface area contributed by atoms with Gasteiger partial charge in [0.05, 0.1) is 17.9 Å². The maximum absolute atomic E-state index is 12.3. The van der Waals surface area contributed by atoms with Crippen molar-refractivity contribution in [2.75, 3.05) is 14.2 Å². The van der Waals surface area contributed by atoms with Gasteiger partial charge in [-0.2, -0.15) is 8.42 Å². The average molecular weight is 446 g/mol. The van der Waals surface area contributed by atoms with Gasteiger partial charge in [0.15, 0.2) is 0 Å². The molecular weight excluding hydrogens is 414 g/mol. The molecule has 0 spiro atoms. The molecule has 2 aliphatic heterocycles. The lowest BCUT2D eigenvalue weighted by molar-refractivity contribution is -0.150. The van der Waals surface area contributed by atoms with Gasteiger partial charge in [-0.3, -0.25) is 14.2 Å². The number of carbonyl (C=O) groups excluding carboxylic acids is 1. The third kappa shape index (κ3) is 5.34. The molecule has 0 amide bonds. The SMILES string of the molecule is COC(=O)[C@H]1[C@H]2CC[C@@H](C[C@H]1c1ccc(C)cc1)N2C.Cc1ccc(S(=O)(=O)O)cc1. The minimum absolute atomic E-state index is 0.0218. The van der Waals surface area contributed by atoms with Gasteiger partial charge in [-0.1, -0.05) is 47.5 Å². The molecule has 2 aliphatic rings. The fraction of sp³-hybridized carbons (Fsp3) is 0.458. The van der Waals surface area contributed by atoms with Crippen molar-refractivity contribution in [1.82, 2.24) is 4.90 Å².